The van der Waals surface area contributed by atoms with Gasteiger partial charge in [0.2, 0.25) is 5.71 Å². The molecule has 0 aliphatic rings. The second-order valence-electron chi connectivity index (χ2n) is 11.3. The van der Waals surface area contributed by atoms with Gasteiger partial charge in [-0.25, -0.2) is 0 Å². The molecule has 0 amide bonds. The molecular formula is C33H38N2O. The molecule has 0 N–H and O–H groups in total. The summed E-state index contributed by atoms with van der Waals surface area (Å²) in [5.74, 6) is 0.659. The highest BCUT2D eigenvalue weighted by Gasteiger charge is 2.22. The molecule has 2 aromatic carbocycles. The maximum absolute atomic E-state index is 8.92. The maximum atomic E-state index is 8.92. The van der Waals surface area contributed by atoms with Crippen LogP contribution in [0.2, 0.25) is 0 Å². The van der Waals surface area contributed by atoms with Crippen molar-refractivity contribution >= 4 is 16.8 Å². The molecule has 0 saturated carbocycles. The molecule has 5 rings (SSSR count). The van der Waals surface area contributed by atoms with E-state index in [-0.39, 0.29) is 11.1 Å². The summed E-state index contributed by atoms with van der Waals surface area (Å²) in [4.78, 5) is 4.54. The van der Waals surface area contributed by atoms with Crippen LogP contribution in [0.3, 0.4) is 0 Å². The fourth-order valence-electron chi connectivity index (χ4n) is 4.99. The number of pyridine rings is 1. The van der Waals surface area contributed by atoms with Crippen LogP contribution in [0.4, 0.5) is 0 Å². The van der Waals surface area contributed by atoms with E-state index < -0.39 is 18.6 Å². The van der Waals surface area contributed by atoms with E-state index >= 15 is 0 Å². The second kappa shape index (κ2) is 8.96. The number of benzene rings is 2. The summed E-state index contributed by atoms with van der Waals surface area (Å²) in [5.41, 5.74) is 7.31. The highest BCUT2D eigenvalue weighted by molar-refractivity contribution is 5.95. The topological polar surface area (TPSA) is 30.4 Å². The molecule has 0 unspecified atom stereocenters. The van der Waals surface area contributed by atoms with Crippen LogP contribution in [-0.2, 0) is 6.37 Å². The summed E-state index contributed by atoms with van der Waals surface area (Å²) in [6, 6.07) is 16.0. The summed E-state index contributed by atoms with van der Waals surface area (Å²) < 4.78 is 50.7. The van der Waals surface area contributed by atoms with E-state index in [1.807, 2.05) is 28.8 Å². The van der Waals surface area contributed by atoms with Gasteiger partial charge in [-0.15, -0.1) is 0 Å². The van der Waals surface area contributed by atoms with Gasteiger partial charge in [-0.1, -0.05) is 72.7 Å². The van der Waals surface area contributed by atoms with Gasteiger partial charge in [-0.05, 0) is 82.6 Å². The van der Waals surface area contributed by atoms with E-state index in [4.69, 9.17) is 11.3 Å². The van der Waals surface area contributed by atoms with Gasteiger partial charge < -0.3 is 4.42 Å². The van der Waals surface area contributed by atoms with E-state index in [1.165, 1.54) is 22.9 Å². The summed E-state index contributed by atoms with van der Waals surface area (Å²) in [6.45, 7) is 11.6. The second-order valence-corrected chi connectivity index (χ2v) is 11.3. The normalized spacial score (nSPS) is 15.3. The number of para-hydroxylation sites is 1. The van der Waals surface area contributed by atoms with Crippen molar-refractivity contribution in [2.45, 2.75) is 73.5 Å². The third kappa shape index (κ3) is 4.25. The minimum Gasteiger partial charge on any atom is -0.437 e. The molecule has 0 atom stereocenters. The molecule has 3 heterocycles. The van der Waals surface area contributed by atoms with Gasteiger partial charge in [0.1, 0.15) is 0 Å². The Kier molecular flexibility index (Phi) is 4.70. The zero-order valence-electron chi connectivity index (χ0n) is 27.2. The lowest BCUT2D eigenvalue weighted by molar-refractivity contribution is 0.410. The number of hydrogen-bond acceptors (Lipinski definition) is 2. The number of oxazole rings is 1. The number of aryl methyl sites for hydroxylation is 1. The van der Waals surface area contributed by atoms with Gasteiger partial charge in [0.05, 0.1) is 11.2 Å². The Balaban J connectivity index is 1.77. The monoisotopic (exact) mass is 483 g/mol. The van der Waals surface area contributed by atoms with Crippen LogP contribution in [0.25, 0.3) is 39.2 Å². The van der Waals surface area contributed by atoms with Crippen molar-refractivity contribution in [3.05, 3.63) is 83.2 Å². The largest absolute Gasteiger partial charge is 0.437 e. The van der Waals surface area contributed by atoms with E-state index in [0.717, 1.165) is 16.8 Å². The number of rotatable bonds is 5. The molecule has 3 nitrogen and oxygen atoms in total. The quantitative estimate of drug-likeness (QED) is 0.249. The average Bonchev–Trinajstić information content (AvgIpc) is 3.46. The number of fused-ring (bicyclic) bond motifs is 3. The maximum Gasteiger partial charge on any atom is 0.212 e. The first-order valence-corrected chi connectivity index (χ1v) is 12.7. The Morgan fingerprint density at radius 1 is 0.972 bits per heavy atom. The van der Waals surface area contributed by atoms with Crippen LogP contribution < -0.4 is 0 Å². The smallest absolute Gasteiger partial charge is 0.212 e. The molecular weight excluding hydrogens is 440 g/mol. The Labute approximate surface area is 222 Å². The van der Waals surface area contributed by atoms with Gasteiger partial charge in [0, 0.05) is 30.4 Å². The van der Waals surface area contributed by atoms with Gasteiger partial charge >= 0.3 is 0 Å². The number of hydrogen-bond donors (Lipinski definition) is 0. The number of aromatic nitrogens is 2. The summed E-state index contributed by atoms with van der Waals surface area (Å²) in [5, 5.41) is 0. The van der Waals surface area contributed by atoms with Crippen LogP contribution in [0.1, 0.15) is 89.4 Å². The van der Waals surface area contributed by atoms with Gasteiger partial charge in [-0.3, -0.25) is 9.38 Å². The highest BCUT2D eigenvalue weighted by Crippen LogP contribution is 2.41. The Morgan fingerprint density at radius 2 is 1.67 bits per heavy atom. The van der Waals surface area contributed by atoms with E-state index in [9.17, 15) is 0 Å². The third-order valence-electron chi connectivity index (χ3n) is 6.62. The van der Waals surface area contributed by atoms with Gasteiger partial charge in [-0.2, -0.15) is 0 Å². The number of nitrogens with zero attached hydrogens (tertiary/aromatic N) is 2. The summed E-state index contributed by atoms with van der Waals surface area (Å²) >= 11 is 0. The predicted octanol–water partition coefficient (Wildman–Crippen LogP) is 9.56. The van der Waals surface area contributed by atoms with Crippen molar-refractivity contribution in [1.82, 2.24) is 9.38 Å². The van der Waals surface area contributed by atoms with Crippen LogP contribution in [0.5, 0.6) is 0 Å². The molecule has 0 spiro atoms. The van der Waals surface area contributed by atoms with Crippen molar-refractivity contribution in [2.24, 2.45) is 5.41 Å². The van der Waals surface area contributed by atoms with Crippen LogP contribution in [0, 0.1) is 12.3 Å². The third-order valence-corrected chi connectivity index (χ3v) is 6.62. The first-order valence-electron chi connectivity index (χ1n) is 15.2. The van der Waals surface area contributed by atoms with Gasteiger partial charge in [0.15, 0.2) is 5.58 Å². The zero-order valence-corrected chi connectivity index (χ0v) is 22.2. The molecule has 5 aromatic rings. The Morgan fingerprint density at radius 3 is 2.31 bits per heavy atom. The SMILES string of the molecule is [2H]C([2H])([2H])c1cnc(-c2cccc3c2oc2c(-c4c(C(C)C)cccc4C(C)C)ccn23)cc1C([2H])([2H])C(C)(C)C. The molecule has 0 aliphatic carbocycles. The first kappa shape index (κ1) is 18.9. The van der Waals surface area contributed by atoms with Crippen molar-refractivity contribution < 1.29 is 11.3 Å². The fourth-order valence-corrected chi connectivity index (χ4v) is 4.99. The van der Waals surface area contributed by atoms with Crippen LogP contribution in [0.15, 0.2) is 65.3 Å². The molecule has 0 fully saturated rings. The predicted molar refractivity (Wildman–Crippen MR) is 152 cm³/mol. The van der Waals surface area contributed by atoms with Gasteiger partial charge in [0.25, 0.3) is 0 Å². The average molecular weight is 484 g/mol. The molecule has 3 aromatic heterocycles. The summed E-state index contributed by atoms with van der Waals surface area (Å²) in [7, 11) is 0. The van der Waals surface area contributed by atoms with Crippen molar-refractivity contribution in [1.29, 1.82) is 0 Å². The molecule has 0 radical (unpaired) electrons. The van der Waals surface area contributed by atoms with Crippen LogP contribution >= 0.6 is 0 Å². The first-order chi connectivity index (χ1) is 19.0. The molecule has 0 bridgehead atoms. The fraction of sp³-hybridized carbons (Fsp3) is 0.364. The van der Waals surface area contributed by atoms with E-state index in [2.05, 4.69) is 56.9 Å². The molecule has 36 heavy (non-hydrogen) atoms. The molecule has 186 valence electrons. The lowest BCUT2D eigenvalue weighted by Gasteiger charge is -2.20. The minimum atomic E-state index is -2.50. The van der Waals surface area contributed by atoms with Crippen LogP contribution in [-0.4, -0.2) is 9.38 Å². The summed E-state index contributed by atoms with van der Waals surface area (Å²) in [6.07, 6.45) is 1.41. The molecule has 0 aliphatic heterocycles. The lowest BCUT2D eigenvalue weighted by atomic mass is 9.86. The van der Waals surface area contributed by atoms with Crippen molar-refractivity contribution in [3.63, 3.8) is 0 Å². The standard InChI is InChI=1S/C33H38N2O/c1-20(2)24-11-9-12-25(21(3)4)30(24)27-15-16-35-29-14-10-13-26(31(29)36-32(27)35)28-17-23(18-33(6,7)8)22(5)19-34-28/h9-17,19-21H,18H2,1-8H3/i5D3,18D2. The molecule has 0 saturated heterocycles. The van der Waals surface area contributed by atoms with E-state index in [0.29, 0.717) is 28.7 Å². The highest BCUT2D eigenvalue weighted by atomic mass is 16.3. The molecule has 3 heteroatoms. The Hall–Kier alpha value is -3.33. The lowest BCUT2D eigenvalue weighted by Crippen LogP contribution is -2.10. The van der Waals surface area contributed by atoms with Crippen molar-refractivity contribution in [2.75, 3.05) is 0 Å². The zero-order chi connectivity index (χ0) is 30.1. The van der Waals surface area contributed by atoms with E-state index in [1.54, 1.807) is 26.8 Å². The Bertz CT molecular complexity index is 1720. The minimum absolute atomic E-state index is 0.0743. The van der Waals surface area contributed by atoms with Crippen molar-refractivity contribution in [3.8, 4) is 22.4 Å².